The SMILES string of the molecule is CC1COC(c2ccccc2Cl)CN1C(=O)Cc1ccc(C(=O)O)cc1. The summed E-state index contributed by atoms with van der Waals surface area (Å²) in [6.45, 7) is 2.84. The third kappa shape index (κ3) is 4.06. The summed E-state index contributed by atoms with van der Waals surface area (Å²) in [6, 6.07) is 13.8. The largest absolute Gasteiger partial charge is 0.478 e. The number of amides is 1. The number of carboxylic acid groups (broad SMARTS) is 1. The van der Waals surface area contributed by atoms with Crippen LogP contribution in [0.5, 0.6) is 0 Å². The first kappa shape index (κ1) is 18.4. The molecule has 26 heavy (non-hydrogen) atoms. The molecule has 1 N–H and O–H groups in total. The van der Waals surface area contributed by atoms with Crippen molar-refractivity contribution in [1.82, 2.24) is 4.90 Å². The van der Waals surface area contributed by atoms with Crippen molar-refractivity contribution in [3.05, 3.63) is 70.2 Å². The molecule has 3 rings (SSSR count). The summed E-state index contributed by atoms with van der Waals surface area (Å²) in [5.41, 5.74) is 1.87. The number of benzene rings is 2. The maximum Gasteiger partial charge on any atom is 0.335 e. The van der Waals surface area contributed by atoms with Crippen molar-refractivity contribution < 1.29 is 19.4 Å². The van der Waals surface area contributed by atoms with Gasteiger partial charge >= 0.3 is 5.97 Å². The summed E-state index contributed by atoms with van der Waals surface area (Å²) < 4.78 is 5.89. The Hall–Kier alpha value is -2.37. The van der Waals surface area contributed by atoms with E-state index in [9.17, 15) is 9.59 Å². The van der Waals surface area contributed by atoms with Crippen molar-refractivity contribution in [3.63, 3.8) is 0 Å². The number of aromatic carboxylic acids is 1. The van der Waals surface area contributed by atoms with Crippen LogP contribution in [0, 0.1) is 0 Å². The highest BCUT2D eigenvalue weighted by molar-refractivity contribution is 6.31. The van der Waals surface area contributed by atoms with Crippen LogP contribution in [0.25, 0.3) is 0 Å². The zero-order valence-electron chi connectivity index (χ0n) is 14.4. The Labute approximate surface area is 157 Å². The second kappa shape index (κ2) is 7.89. The average molecular weight is 374 g/mol. The Morgan fingerprint density at radius 2 is 1.88 bits per heavy atom. The van der Waals surface area contributed by atoms with Crippen LogP contribution in [0.1, 0.15) is 34.5 Å². The van der Waals surface area contributed by atoms with Crippen LogP contribution >= 0.6 is 11.6 Å². The van der Waals surface area contributed by atoms with Gasteiger partial charge in [0.05, 0.1) is 31.2 Å². The molecule has 1 heterocycles. The fraction of sp³-hybridized carbons (Fsp3) is 0.300. The summed E-state index contributed by atoms with van der Waals surface area (Å²) in [5, 5.41) is 9.58. The predicted molar refractivity (Wildman–Crippen MR) is 98.4 cm³/mol. The molecule has 2 aromatic rings. The van der Waals surface area contributed by atoms with E-state index >= 15 is 0 Å². The van der Waals surface area contributed by atoms with Crippen LogP contribution in [-0.2, 0) is 16.0 Å². The number of ether oxygens (including phenoxy) is 1. The van der Waals surface area contributed by atoms with Gasteiger partial charge in [0.1, 0.15) is 6.10 Å². The van der Waals surface area contributed by atoms with Crippen LogP contribution in [0.2, 0.25) is 5.02 Å². The molecule has 5 nitrogen and oxygen atoms in total. The molecule has 0 aliphatic carbocycles. The molecule has 0 bridgehead atoms. The monoisotopic (exact) mass is 373 g/mol. The van der Waals surface area contributed by atoms with E-state index in [0.717, 1.165) is 11.1 Å². The van der Waals surface area contributed by atoms with Gasteiger partial charge in [-0.25, -0.2) is 4.79 Å². The summed E-state index contributed by atoms with van der Waals surface area (Å²) in [5.74, 6) is -0.992. The molecule has 2 aromatic carbocycles. The van der Waals surface area contributed by atoms with Gasteiger partial charge in [-0.05, 0) is 30.7 Å². The van der Waals surface area contributed by atoms with Gasteiger partial charge in [0.15, 0.2) is 0 Å². The van der Waals surface area contributed by atoms with Gasteiger partial charge in [-0.2, -0.15) is 0 Å². The zero-order valence-corrected chi connectivity index (χ0v) is 15.1. The normalized spacial score (nSPS) is 20.0. The van der Waals surface area contributed by atoms with E-state index in [4.69, 9.17) is 21.4 Å². The Morgan fingerprint density at radius 3 is 2.54 bits per heavy atom. The molecule has 0 radical (unpaired) electrons. The standard InChI is InChI=1S/C20H20ClNO4/c1-13-12-26-18(16-4-2-3-5-17(16)21)11-22(13)19(23)10-14-6-8-15(9-7-14)20(24)25/h2-9,13,18H,10-12H2,1H3,(H,24,25). The lowest BCUT2D eigenvalue weighted by Crippen LogP contribution is -2.48. The number of morpholine rings is 1. The number of rotatable bonds is 4. The minimum atomic E-state index is -0.979. The van der Waals surface area contributed by atoms with Crippen molar-refractivity contribution >= 4 is 23.5 Å². The lowest BCUT2D eigenvalue weighted by molar-refractivity contribution is -0.143. The van der Waals surface area contributed by atoms with Crippen LogP contribution in [0.4, 0.5) is 0 Å². The molecular formula is C20H20ClNO4. The Bertz CT molecular complexity index is 806. The van der Waals surface area contributed by atoms with Crippen molar-refractivity contribution in [2.45, 2.75) is 25.5 Å². The van der Waals surface area contributed by atoms with E-state index in [2.05, 4.69) is 0 Å². The van der Waals surface area contributed by atoms with Gasteiger partial charge in [-0.3, -0.25) is 4.79 Å². The number of nitrogens with zero attached hydrogens (tertiary/aromatic N) is 1. The molecule has 0 aromatic heterocycles. The van der Waals surface area contributed by atoms with E-state index in [0.29, 0.717) is 18.2 Å². The first-order chi connectivity index (χ1) is 12.5. The lowest BCUT2D eigenvalue weighted by atomic mass is 10.0. The molecule has 2 unspecified atom stereocenters. The van der Waals surface area contributed by atoms with Crippen molar-refractivity contribution in [2.24, 2.45) is 0 Å². The Morgan fingerprint density at radius 1 is 1.19 bits per heavy atom. The first-order valence-electron chi connectivity index (χ1n) is 8.43. The number of halogens is 1. The van der Waals surface area contributed by atoms with Crippen molar-refractivity contribution in [1.29, 1.82) is 0 Å². The summed E-state index contributed by atoms with van der Waals surface area (Å²) in [7, 11) is 0. The van der Waals surface area contributed by atoms with E-state index < -0.39 is 5.97 Å². The third-order valence-corrected chi connectivity index (χ3v) is 4.91. The van der Waals surface area contributed by atoms with E-state index in [1.54, 1.807) is 12.1 Å². The maximum atomic E-state index is 12.8. The van der Waals surface area contributed by atoms with Crippen molar-refractivity contribution in [2.75, 3.05) is 13.2 Å². The van der Waals surface area contributed by atoms with Gasteiger partial charge in [0, 0.05) is 10.6 Å². The van der Waals surface area contributed by atoms with E-state index in [1.807, 2.05) is 36.1 Å². The first-order valence-corrected chi connectivity index (χ1v) is 8.81. The van der Waals surface area contributed by atoms with E-state index in [-0.39, 0.29) is 30.0 Å². The molecule has 6 heteroatoms. The molecule has 136 valence electrons. The van der Waals surface area contributed by atoms with Gasteiger partial charge in [-0.1, -0.05) is 41.9 Å². The van der Waals surface area contributed by atoms with Gasteiger partial charge in [-0.15, -0.1) is 0 Å². The van der Waals surface area contributed by atoms with Crippen LogP contribution < -0.4 is 0 Å². The van der Waals surface area contributed by atoms with Gasteiger partial charge in [0.2, 0.25) is 5.91 Å². The Kier molecular flexibility index (Phi) is 5.59. The summed E-state index contributed by atoms with van der Waals surface area (Å²) >= 11 is 6.26. The fourth-order valence-corrected chi connectivity index (χ4v) is 3.33. The van der Waals surface area contributed by atoms with Gasteiger partial charge < -0.3 is 14.7 Å². The molecule has 1 fully saturated rings. The number of carbonyl (C=O) groups is 2. The predicted octanol–water partition coefficient (Wildman–Crippen LogP) is 3.57. The third-order valence-electron chi connectivity index (χ3n) is 4.56. The fourth-order valence-electron chi connectivity index (χ4n) is 3.07. The van der Waals surface area contributed by atoms with E-state index in [1.165, 1.54) is 12.1 Å². The zero-order chi connectivity index (χ0) is 18.7. The highest BCUT2D eigenvalue weighted by Crippen LogP contribution is 2.30. The number of hydrogen-bond donors (Lipinski definition) is 1. The van der Waals surface area contributed by atoms with Crippen LogP contribution in [-0.4, -0.2) is 41.1 Å². The average Bonchev–Trinajstić information content (AvgIpc) is 2.63. The lowest BCUT2D eigenvalue weighted by Gasteiger charge is -2.38. The molecule has 1 saturated heterocycles. The number of carbonyl (C=O) groups excluding carboxylic acids is 1. The Balaban J connectivity index is 1.71. The minimum Gasteiger partial charge on any atom is -0.478 e. The molecule has 1 aliphatic rings. The second-order valence-corrected chi connectivity index (χ2v) is 6.82. The van der Waals surface area contributed by atoms with Crippen LogP contribution in [0.3, 0.4) is 0 Å². The topological polar surface area (TPSA) is 66.8 Å². The summed E-state index contributed by atoms with van der Waals surface area (Å²) in [6.07, 6.45) is -0.0299. The van der Waals surface area contributed by atoms with Crippen LogP contribution in [0.15, 0.2) is 48.5 Å². The quantitative estimate of drug-likeness (QED) is 0.889. The van der Waals surface area contributed by atoms with Gasteiger partial charge in [0.25, 0.3) is 0 Å². The highest BCUT2D eigenvalue weighted by atomic mass is 35.5. The maximum absolute atomic E-state index is 12.8. The molecular weight excluding hydrogens is 354 g/mol. The highest BCUT2D eigenvalue weighted by Gasteiger charge is 2.31. The molecule has 1 aliphatic heterocycles. The second-order valence-electron chi connectivity index (χ2n) is 6.42. The smallest absolute Gasteiger partial charge is 0.335 e. The molecule has 0 spiro atoms. The minimum absolute atomic E-state index is 0.0130. The molecule has 0 saturated carbocycles. The molecule has 2 atom stereocenters. The number of hydrogen-bond acceptors (Lipinski definition) is 3. The number of carboxylic acids is 1. The summed E-state index contributed by atoms with van der Waals surface area (Å²) in [4.78, 5) is 25.5. The molecule has 1 amide bonds. The van der Waals surface area contributed by atoms with Crippen molar-refractivity contribution in [3.8, 4) is 0 Å².